The van der Waals surface area contributed by atoms with Crippen LogP contribution in [0.2, 0.25) is 0 Å². The maximum Gasteiger partial charge on any atom is 0.267 e. The summed E-state index contributed by atoms with van der Waals surface area (Å²) in [6, 6.07) is 33.9. The Kier molecular flexibility index (Phi) is 4.83. The highest BCUT2D eigenvalue weighted by molar-refractivity contribution is 5.85. The molecule has 1 aliphatic carbocycles. The fourth-order valence-corrected chi connectivity index (χ4v) is 5.63. The summed E-state index contributed by atoms with van der Waals surface area (Å²) in [5.74, 6) is 1.55. The lowest BCUT2D eigenvalue weighted by Gasteiger charge is -2.32. The average Bonchev–Trinajstić information content (AvgIpc) is 3.66. The van der Waals surface area contributed by atoms with E-state index in [2.05, 4.69) is 78.9 Å². The summed E-state index contributed by atoms with van der Waals surface area (Å²) in [4.78, 5) is 4.91. The zero-order valence-electron chi connectivity index (χ0n) is 20.4. The summed E-state index contributed by atoms with van der Waals surface area (Å²) < 4.78 is 12.4. The van der Waals surface area contributed by atoms with Crippen molar-refractivity contribution >= 4 is 0 Å². The van der Waals surface area contributed by atoms with E-state index in [1.165, 1.54) is 22.3 Å². The first kappa shape index (κ1) is 21.4. The number of benzene rings is 3. The SMILES string of the molecule is C[n+]1ccn(-n2ccc(Oc3cccc(C4(c5ccccn5)c5ccccc5-c5ccccc54)c3)c2)c1. The van der Waals surface area contributed by atoms with E-state index < -0.39 is 5.41 Å². The number of pyridine rings is 1. The molecule has 3 aromatic carbocycles. The molecule has 3 aromatic heterocycles. The Morgan fingerprint density at radius 2 is 1.49 bits per heavy atom. The zero-order chi connectivity index (χ0) is 24.8. The number of hydrogen-bond acceptors (Lipinski definition) is 2. The molecule has 0 radical (unpaired) electrons. The molecular weight excluding hydrogens is 456 g/mol. The van der Waals surface area contributed by atoms with Gasteiger partial charge in [0.15, 0.2) is 6.20 Å². The van der Waals surface area contributed by atoms with Gasteiger partial charge in [-0.2, -0.15) is 4.68 Å². The highest BCUT2D eigenvalue weighted by atomic mass is 16.5. The van der Waals surface area contributed by atoms with Crippen molar-refractivity contribution in [3.63, 3.8) is 0 Å². The van der Waals surface area contributed by atoms with Gasteiger partial charge in [-0.3, -0.25) is 4.98 Å². The predicted octanol–water partition coefficient (Wildman–Crippen LogP) is 5.98. The van der Waals surface area contributed by atoms with E-state index in [1.807, 2.05) is 76.5 Å². The summed E-state index contributed by atoms with van der Waals surface area (Å²) in [6.07, 6.45) is 11.8. The van der Waals surface area contributed by atoms with Gasteiger partial charge in [0.1, 0.15) is 17.7 Å². The van der Waals surface area contributed by atoms with Crippen LogP contribution in [0, 0.1) is 0 Å². The summed E-state index contributed by atoms with van der Waals surface area (Å²) in [7, 11) is 2.00. The van der Waals surface area contributed by atoms with Crippen LogP contribution in [-0.4, -0.2) is 14.3 Å². The van der Waals surface area contributed by atoms with Gasteiger partial charge in [0.2, 0.25) is 0 Å². The van der Waals surface area contributed by atoms with E-state index in [0.29, 0.717) is 0 Å². The Morgan fingerprint density at radius 1 is 0.730 bits per heavy atom. The average molecular weight is 482 g/mol. The standard InChI is InChI=1S/C32H25N4O/c1-34-19-20-36(23-34)35-18-16-26(22-35)37-25-10-8-9-24(21-25)32(31-15-6-7-17-33-31)29-13-4-2-11-27(29)28-12-3-5-14-30(28)32/h2-23H,1H3/q+1. The first-order valence-electron chi connectivity index (χ1n) is 12.3. The van der Waals surface area contributed by atoms with Crippen LogP contribution < -0.4 is 9.30 Å². The van der Waals surface area contributed by atoms with Crippen molar-refractivity contribution < 1.29 is 9.30 Å². The Labute approximate surface area is 215 Å². The van der Waals surface area contributed by atoms with Gasteiger partial charge in [-0.05, 0) is 52.1 Å². The van der Waals surface area contributed by atoms with Crippen LogP contribution in [0.4, 0.5) is 0 Å². The molecule has 5 nitrogen and oxygen atoms in total. The van der Waals surface area contributed by atoms with Gasteiger partial charge < -0.3 is 4.74 Å². The number of hydrogen-bond donors (Lipinski definition) is 0. The number of nitrogens with zero attached hydrogens (tertiary/aromatic N) is 4. The topological polar surface area (TPSA) is 35.9 Å². The van der Waals surface area contributed by atoms with Crippen molar-refractivity contribution in [2.24, 2.45) is 7.05 Å². The first-order valence-corrected chi connectivity index (χ1v) is 12.3. The molecule has 178 valence electrons. The highest BCUT2D eigenvalue weighted by Gasteiger charge is 2.47. The van der Waals surface area contributed by atoms with Crippen LogP contribution >= 0.6 is 0 Å². The lowest BCUT2D eigenvalue weighted by molar-refractivity contribution is -0.671. The van der Waals surface area contributed by atoms with E-state index in [1.54, 1.807) is 0 Å². The highest BCUT2D eigenvalue weighted by Crippen LogP contribution is 2.55. The normalized spacial score (nSPS) is 13.2. The van der Waals surface area contributed by atoms with Crippen LogP contribution in [0.5, 0.6) is 11.5 Å². The second kappa shape index (κ2) is 8.35. The first-order chi connectivity index (χ1) is 18.2. The van der Waals surface area contributed by atoms with E-state index >= 15 is 0 Å². The minimum atomic E-state index is -0.542. The van der Waals surface area contributed by atoms with Gasteiger partial charge in [0.05, 0.1) is 30.6 Å². The van der Waals surface area contributed by atoms with E-state index in [9.17, 15) is 0 Å². The summed E-state index contributed by atoms with van der Waals surface area (Å²) in [5.41, 5.74) is 6.53. The van der Waals surface area contributed by atoms with Crippen LogP contribution in [-0.2, 0) is 12.5 Å². The molecule has 0 aliphatic heterocycles. The molecule has 1 aliphatic rings. The van der Waals surface area contributed by atoms with Crippen molar-refractivity contribution in [3.8, 4) is 22.6 Å². The van der Waals surface area contributed by atoms with Crippen molar-refractivity contribution in [2.75, 3.05) is 0 Å². The van der Waals surface area contributed by atoms with Crippen LogP contribution in [0.1, 0.15) is 22.4 Å². The van der Waals surface area contributed by atoms with Gasteiger partial charge >= 0.3 is 0 Å². The lowest BCUT2D eigenvalue weighted by atomic mass is 9.70. The Balaban J connectivity index is 1.37. The largest absolute Gasteiger partial charge is 0.456 e. The van der Waals surface area contributed by atoms with Crippen LogP contribution in [0.3, 0.4) is 0 Å². The van der Waals surface area contributed by atoms with Crippen molar-refractivity contribution in [2.45, 2.75) is 5.41 Å². The number of aryl methyl sites for hydroxylation is 1. The fraction of sp³-hybridized carbons (Fsp3) is 0.0625. The summed E-state index contributed by atoms with van der Waals surface area (Å²) >= 11 is 0. The van der Waals surface area contributed by atoms with Gasteiger partial charge in [0, 0.05) is 12.3 Å². The third kappa shape index (κ3) is 3.32. The molecule has 0 saturated heterocycles. The lowest BCUT2D eigenvalue weighted by Crippen LogP contribution is -2.29. The molecule has 3 heterocycles. The molecule has 7 rings (SSSR count). The molecule has 0 fully saturated rings. The second-order valence-electron chi connectivity index (χ2n) is 9.37. The Hall–Kier alpha value is -4.90. The fourth-order valence-electron chi connectivity index (χ4n) is 5.63. The van der Waals surface area contributed by atoms with Gasteiger partial charge in [-0.25, -0.2) is 4.57 Å². The van der Waals surface area contributed by atoms with Gasteiger partial charge in [-0.15, -0.1) is 4.68 Å². The van der Waals surface area contributed by atoms with Crippen molar-refractivity contribution in [3.05, 3.63) is 157 Å². The third-order valence-corrected chi connectivity index (χ3v) is 7.18. The molecule has 0 bridgehead atoms. The Bertz CT molecular complexity index is 1690. The second-order valence-corrected chi connectivity index (χ2v) is 9.37. The maximum atomic E-state index is 6.38. The van der Waals surface area contributed by atoms with Crippen LogP contribution in [0.15, 0.2) is 134 Å². The summed E-state index contributed by atoms with van der Waals surface area (Å²) in [6.45, 7) is 0. The number of imidazole rings is 1. The third-order valence-electron chi connectivity index (χ3n) is 7.18. The van der Waals surface area contributed by atoms with Gasteiger partial charge in [-0.1, -0.05) is 66.7 Å². The number of rotatable bonds is 5. The van der Waals surface area contributed by atoms with Crippen molar-refractivity contribution in [1.29, 1.82) is 0 Å². The molecule has 0 unspecified atom stereocenters. The zero-order valence-corrected chi connectivity index (χ0v) is 20.4. The van der Waals surface area contributed by atoms with Crippen molar-refractivity contribution in [1.82, 2.24) is 14.3 Å². The maximum absolute atomic E-state index is 6.38. The molecular formula is C32H25N4O+. The quantitative estimate of drug-likeness (QED) is 0.284. The molecule has 0 spiro atoms. The minimum Gasteiger partial charge on any atom is -0.456 e. The molecule has 0 atom stereocenters. The molecule has 0 N–H and O–H groups in total. The predicted molar refractivity (Wildman–Crippen MR) is 142 cm³/mol. The molecule has 37 heavy (non-hydrogen) atoms. The number of aromatic nitrogens is 4. The molecule has 5 heteroatoms. The smallest absolute Gasteiger partial charge is 0.267 e. The van der Waals surface area contributed by atoms with E-state index in [-0.39, 0.29) is 0 Å². The Morgan fingerprint density at radius 3 is 2.19 bits per heavy atom. The van der Waals surface area contributed by atoms with E-state index in [4.69, 9.17) is 9.72 Å². The van der Waals surface area contributed by atoms with Gasteiger partial charge in [0.25, 0.3) is 6.33 Å². The van der Waals surface area contributed by atoms with E-state index in [0.717, 1.165) is 22.8 Å². The minimum absolute atomic E-state index is 0.542. The van der Waals surface area contributed by atoms with Crippen LogP contribution in [0.25, 0.3) is 11.1 Å². The molecule has 6 aromatic rings. The summed E-state index contributed by atoms with van der Waals surface area (Å²) in [5, 5.41) is 0. The number of ether oxygens (including phenoxy) is 1. The molecule has 0 amide bonds. The number of fused-ring (bicyclic) bond motifs is 3. The monoisotopic (exact) mass is 481 g/mol. The molecule has 0 saturated carbocycles.